The molecule has 2 fully saturated rings. The van der Waals surface area contributed by atoms with Crippen LogP contribution in [0.25, 0.3) is 0 Å². The Hall–Kier alpha value is -1.92. The number of amides is 2. The van der Waals surface area contributed by atoms with E-state index in [-0.39, 0.29) is 23.8 Å². The topological polar surface area (TPSA) is 61.9 Å². The number of benzene rings is 1. The molecule has 3 rings (SSSR count). The number of carbonyl (C=O) groups excluding carboxylic acids is 2. The van der Waals surface area contributed by atoms with Gasteiger partial charge in [-0.25, -0.2) is 0 Å². The fourth-order valence-corrected chi connectivity index (χ4v) is 3.94. The monoisotopic (exact) mass is 373 g/mol. The molecule has 0 saturated carbocycles. The first-order valence-corrected chi connectivity index (χ1v) is 10.0. The lowest BCUT2D eigenvalue weighted by molar-refractivity contribution is -0.139. The van der Waals surface area contributed by atoms with Crippen LogP contribution in [0.1, 0.15) is 37.8 Å². The Morgan fingerprint density at radius 3 is 2.48 bits per heavy atom. The van der Waals surface area contributed by atoms with Gasteiger partial charge in [-0.05, 0) is 23.5 Å². The molecule has 2 aliphatic heterocycles. The molecule has 0 unspecified atom stereocenters. The minimum Gasteiger partial charge on any atom is -0.379 e. The molecule has 1 aromatic carbocycles. The van der Waals surface area contributed by atoms with Crippen molar-refractivity contribution in [1.82, 2.24) is 15.1 Å². The van der Waals surface area contributed by atoms with Crippen molar-refractivity contribution in [3.05, 3.63) is 35.4 Å². The molecule has 2 heterocycles. The predicted octanol–water partition coefficient (Wildman–Crippen LogP) is 1.78. The van der Waals surface area contributed by atoms with Gasteiger partial charge in [0.05, 0.1) is 13.2 Å². The van der Waals surface area contributed by atoms with Gasteiger partial charge in [0.15, 0.2) is 0 Å². The summed E-state index contributed by atoms with van der Waals surface area (Å²) in [4.78, 5) is 29.1. The van der Waals surface area contributed by atoms with Crippen LogP contribution in [0.2, 0.25) is 0 Å². The maximum atomic E-state index is 12.9. The average molecular weight is 373 g/mol. The number of nitrogens with one attached hydrogen (secondary N) is 1. The van der Waals surface area contributed by atoms with Crippen molar-refractivity contribution in [2.45, 2.75) is 45.8 Å². The van der Waals surface area contributed by atoms with Crippen LogP contribution < -0.4 is 5.32 Å². The summed E-state index contributed by atoms with van der Waals surface area (Å²) in [7, 11) is 0. The van der Waals surface area contributed by atoms with Gasteiger partial charge in [0.1, 0.15) is 6.04 Å². The molecular formula is C21H31N3O3. The Bertz CT molecular complexity index is 656. The highest BCUT2D eigenvalue weighted by atomic mass is 16.5. The van der Waals surface area contributed by atoms with E-state index in [4.69, 9.17) is 4.74 Å². The highest BCUT2D eigenvalue weighted by Crippen LogP contribution is 2.20. The van der Waals surface area contributed by atoms with Gasteiger partial charge in [-0.15, -0.1) is 0 Å². The van der Waals surface area contributed by atoms with E-state index in [1.54, 1.807) is 4.90 Å². The molecule has 27 heavy (non-hydrogen) atoms. The molecule has 6 nitrogen and oxygen atoms in total. The van der Waals surface area contributed by atoms with Crippen LogP contribution in [0.3, 0.4) is 0 Å². The van der Waals surface area contributed by atoms with Gasteiger partial charge in [-0.2, -0.15) is 0 Å². The molecule has 0 bridgehead atoms. The van der Waals surface area contributed by atoms with Gasteiger partial charge in [0.2, 0.25) is 11.8 Å². The van der Waals surface area contributed by atoms with E-state index >= 15 is 0 Å². The summed E-state index contributed by atoms with van der Waals surface area (Å²) in [5, 5.41) is 3.08. The average Bonchev–Trinajstić information content (AvgIpc) is 3.07. The summed E-state index contributed by atoms with van der Waals surface area (Å²) in [6.07, 6.45) is 1.40. The van der Waals surface area contributed by atoms with Crippen LogP contribution >= 0.6 is 0 Å². The fraction of sp³-hybridized carbons (Fsp3) is 0.619. The van der Waals surface area contributed by atoms with Crippen molar-refractivity contribution in [2.24, 2.45) is 5.92 Å². The van der Waals surface area contributed by atoms with E-state index in [1.807, 2.05) is 26.0 Å². The van der Waals surface area contributed by atoms with Gasteiger partial charge >= 0.3 is 0 Å². The fourth-order valence-electron chi connectivity index (χ4n) is 3.94. The number of ether oxygens (including phenoxy) is 1. The van der Waals surface area contributed by atoms with Crippen molar-refractivity contribution in [3.63, 3.8) is 0 Å². The maximum absolute atomic E-state index is 12.9. The lowest BCUT2D eigenvalue weighted by atomic mass is 10.0. The zero-order valence-electron chi connectivity index (χ0n) is 16.4. The first-order chi connectivity index (χ1) is 13.1. The van der Waals surface area contributed by atoms with Crippen molar-refractivity contribution in [1.29, 1.82) is 0 Å². The SMILES string of the molecule is CC(C)[C@@H](C(=O)NCc1ccccc1CN1CCOCC1)N1CCCC1=O. The number of hydrogen-bond acceptors (Lipinski definition) is 4. The second-order valence-corrected chi connectivity index (χ2v) is 7.75. The van der Waals surface area contributed by atoms with Gasteiger partial charge in [0.25, 0.3) is 0 Å². The molecule has 1 aromatic rings. The lowest BCUT2D eigenvalue weighted by Gasteiger charge is -2.30. The summed E-state index contributed by atoms with van der Waals surface area (Å²) in [5.74, 6) is 0.133. The molecule has 0 aliphatic carbocycles. The second kappa shape index (κ2) is 9.33. The minimum atomic E-state index is -0.383. The number of morpholine rings is 1. The van der Waals surface area contributed by atoms with E-state index in [2.05, 4.69) is 22.3 Å². The molecule has 2 saturated heterocycles. The van der Waals surface area contributed by atoms with E-state index in [0.717, 1.165) is 44.8 Å². The Morgan fingerprint density at radius 1 is 1.15 bits per heavy atom. The summed E-state index contributed by atoms with van der Waals surface area (Å²) in [5.41, 5.74) is 2.37. The number of rotatable bonds is 7. The highest BCUT2D eigenvalue weighted by Gasteiger charge is 2.34. The molecule has 1 atom stereocenters. The number of likely N-dealkylation sites (tertiary alicyclic amines) is 1. The summed E-state index contributed by atoms with van der Waals surface area (Å²) >= 11 is 0. The lowest BCUT2D eigenvalue weighted by Crippen LogP contribution is -2.50. The summed E-state index contributed by atoms with van der Waals surface area (Å²) in [6.45, 7) is 9.48. The Labute approximate surface area is 161 Å². The third kappa shape index (κ3) is 5.08. The molecule has 2 aliphatic rings. The van der Waals surface area contributed by atoms with Crippen LogP contribution in [0.15, 0.2) is 24.3 Å². The van der Waals surface area contributed by atoms with Crippen LogP contribution in [0, 0.1) is 5.92 Å². The zero-order valence-corrected chi connectivity index (χ0v) is 16.4. The zero-order chi connectivity index (χ0) is 19.2. The van der Waals surface area contributed by atoms with E-state index < -0.39 is 0 Å². The maximum Gasteiger partial charge on any atom is 0.243 e. The third-order valence-corrected chi connectivity index (χ3v) is 5.42. The van der Waals surface area contributed by atoms with Crippen molar-refractivity contribution >= 4 is 11.8 Å². The van der Waals surface area contributed by atoms with Crippen molar-refractivity contribution in [2.75, 3.05) is 32.8 Å². The number of carbonyl (C=O) groups is 2. The molecular weight excluding hydrogens is 342 g/mol. The van der Waals surface area contributed by atoms with Crippen LogP contribution in [0.5, 0.6) is 0 Å². The normalized spacial score (nSPS) is 19.5. The van der Waals surface area contributed by atoms with Gasteiger partial charge in [-0.1, -0.05) is 38.1 Å². The highest BCUT2D eigenvalue weighted by molar-refractivity contribution is 5.88. The molecule has 6 heteroatoms. The predicted molar refractivity (Wildman–Crippen MR) is 104 cm³/mol. The second-order valence-electron chi connectivity index (χ2n) is 7.75. The van der Waals surface area contributed by atoms with E-state index in [9.17, 15) is 9.59 Å². The quantitative estimate of drug-likeness (QED) is 0.791. The van der Waals surface area contributed by atoms with Crippen molar-refractivity contribution in [3.8, 4) is 0 Å². The van der Waals surface area contributed by atoms with E-state index in [1.165, 1.54) is 5.56 Å². The largest absolute Gasteiger partial charge is 0.379 e. The van der Waals surface area contributed by atoms with Crippen LogP contribution in [-0.2, 0) is 27.4 Å². The standard InChI is InChI=1S/C21H31N3O3/c1-16(2)20(24-9-5-8-19(24)25)21(26)22-14-17-6-3-4-7-18(17)15-23-10-12-27-13-11-23/h3-4,6-7,16,20H,5,8-15H2,1-2H3,(H,22,26)/t20-/m0/s1. The van der Waals surface area contributed by atoms with Crippen molar-refractivity contribution < 1.29 is 14.3 Å². The molecule has 0 aromatic heterocycles. The van der Waals surface area contributed by atoms with Crippen LogP contribution in [0.4, 0.5) is 0 Å². The number of nitrogens with zero attached hydrogens (tertiary/aromatic N) is 2. The van der Waals surface area contributed by atoms with Gasteiger partial charge in [-0.3, -0.25) is 14.5 Å². The molecule has 148 valence electrons. The molecule has 0 spiro atoms. The number of hydrogen-bond donors (Lipinski definition) is 1. The van der Waals surface area contributed by atoms with Gasteiger partial charge < -0.3 is 15.0 Å². The molecule has 2 amide bonds. The first-order valence-electron chi connectivity index (χ1n) is 10.0. The summed E-state index contributed by atoms with van der Waals surface area (Å²) < 4.78 is 5.42. The third-order valence-electron chi connectivity index (χ3n) is 5.42. The minimum absolute atomic E-state index is 0.0542. The van der Waals surface area contributed by atoms with Crippen LogP contribution in [-0.4, -0.2) is 60.5 Å². The Morgan fingerprint density at radius 2 is 1.85 bits per heavy atom. The Kier molecular flexibility index (Phi) is 6.85. The first kappa shape index (κ1) is 19.8. The van der Waals surface area contributed by atoms with Gasteiger partial charge in [0, 0.05) is 39.1 Å². The molecule has 0 radical (unpaired) electrons. The molecule has 1 N–H and O–H groups in total. The van der Waals surface area contributed by atoms with E-state index in [0.29, 0.717) is 19.5 Å². The Balaban J connectivity index is 1.63. The summed E-state index contributed by atoms with van der Waals surface area (Å²) in [6, 6.07) is 7.86. The smallest absolute Gasteiger partial charge is 0.243 e.